The van der Waals surface area contributed by atoms with Crippen LogP contribution in [0.25, 0.3) is 0 Å². The fourth-order valence-corrected chi connectivity index (χ4v) is 1.44. The van der Waals surface area contributed by atoms with Crippen molar-refractivity contribution >= 4 is 0 Å². The molecule has 0 aromatic heterocycles. The van der Waals surface area contributed by atoms with Gasteiger partial charge in [-0.15, -0.1) is 0 Å². The van der Waals surface area contributed by atoms with Gasteiger partial charge >= 0.3 is 0 Å². The van der Waals surface area contributed by atoms with Gasteiger partial charge in [-0.2, -0.15) is 5.26 Å². The summed E-state index contributed by atoms with van der Waals surface area (Å²) in [5, 5.41) is 18.5. The molecule has 2 atom stereocenters. The number of hydrogen-bond donors (Lipinski definition) is 1. The van der Waals surface area contributed by atoms with Crippen LogP contribution in [0.15, 0.2) is 18.2 Å². The van der Waals surface area contributed by atoms with Crippen molar-refractivity contribution in [3.8, 4) is 17.6 Å². The molecule has 0 radical (unpaired) electrons. The first-order valence-corrected chi connectivity index (χ1v) is 5.54. The fraction of sp³-hybridized carbons (Fsp3) is 0.462. The Morgan fingerprint density at radius 1 is 1.47 bits per heavy atom. The van der Waals surface area contributed by atoms with E-state index in [1.54, 1.807) is 32.2 Å². The molecule has 0 spiro atoms. The van der Waals surface area contributed by atoms with Crippen LogP contribution < -0.4 is 9.47 Å². The van der Waals surface area contributed by atoms with Crippen LogP contribution in [0.2, 0.25) is 0 Å². The molecule has 1 aromatic carbocycles. The second-order valence-corrected chi connectivity index (χ2v) is 3.72. The standard InChI is InChI=1S/C13H17NO3/c1-4-10(8-14)17-13-7-11(16-3)5-6-12(13)9(2)15/h5-7,9-10,15H,4H2,1-3H3. The molecule has 4 heteroatoms. The van der Waals surface area contributed by atoms with E-state index in [1.165, 1.54) is 0 Å². The summed E-state index contributed by atoms with van der Waals surface area (Å²) in [6.45, 7) is 3.53. The predicted molar refractivity (Wildman–Crippen MR) is 63.9 cm³/mol. The maximum absolute atomic E-state index is 9.62. The first-order valence-electron chi connectivity index (χ1n) is 5.54. The van der Waals surface area contributed by atoms with Gasteiger partial charge in [0.05, 0.1) is 13.2 Å². The van der Waals surface area contributed by atoms with Gasteiger partial charge in [0.1, 0.15) is 17.6 Å². The number of nitrogens with zero attached hydrogens (tertiary/aromatic N) is 1. The molecule has 0 heterocycles. The molecule has 0 amide bonds. The van der Waals surface area contributed by atoms with Gasteiger partial charge in [0, 0.05) is 11.6 Å². The molecule has 0 aliphatic heterocycles. The molecule has 92 valence electrons. The number of rotatable bonds is 5. The number of hydrogen-bond acceptors (Lipinski definition) is 4. The van der Waals surface area contributed by atoms with E-state index in [9.17, 15) is 5.11 Å². The minimum atomic E-state index is -0.646. The Hall–Kier alpha value is -1.73. The molecular weight excluding hydrogens is 218 g/mol. The Kier molecular flexibility index (Phi) is 4.80. The third-order valence-corrected chi connectivity index (χ3v) is 2.45. The summed E-state index contributed by atoms with van der Waals surface area (Å²) in [6, 6.07) is 7.23. The maximum atomic E-state index is 9.62. The van der Waals surface area contributed by atoms with Crippen LogP contribution in [0, 0.1) is 11.3 Å². The molecule has 0 bridgehead atoms. The number of aliphatic hydroxyl groups excluding tert-OH is 1. The van der Waals surface area contributed by atoms with Crippen molar-refractivity contribution in [3.05, 3.63) is 23.8 Å². The number of aliphatic hydroxyl groups is 1. The molecule has 17 heavy (non-hydrogen) atoms. The van der Waals surface area contributed by atoms with Crippen LogP contribution in [-0.2, 0) is 0 Å². The van der Waals surface area contributed by atoms with Crippen molar-refractivity contribution < 1.29 is 14.6 Å². The van der Waals surface area contributed by atoms with Gasteiger partial charge in [-0.05, 0) is 25.5 Å². The highest BCUT2D eigenvalue weighted by Crippen LogP contribution is 2.30. The van der Waals surface area contributed by atoms with Crippen molar-refractivity contribution in [2.45, 2.75) is 32.5 Å². The zero-order valence-electron chi connectivity index (χ0n) is 10.3. The summed E-state index contributed by atoms with van der Waals surface area (Å²) in [5.74, 6) is 1.13. The smallest absolute Gasteiger partial charge is 0.184 e. The van der Waals surface area contributed by atoms with Crippen molar-refractivity contribution in [3.63, 3.8) is 0 Å². The Morgan fingerprint density at radius 2 is 2.18 bits per heavy atom. The topological polar surface area (TPSA) is 62.5 Å². The van der Waals surface area contributed by atoms with Gasteiger partial charge in [0.15, 0.2) is 6.10 Å². The number of methoxy groups -OCH3 is 1. The fourth-order valence-electron chi connectivity index (χ4n) is 1.44. The molecule has 1 rings (SSSR count). The summed E-state index contributed by atoms with van der Waals surface area (Å²) in [6.07, 6.45) is -0.570. The Labute approximate surface area is 101 Å². The van der Waals surface area contributed by atoms with E-state index in [-0.39, 0.29) is 0 Å². The summed E-state index contributed by atoms with van der Waals surface area (Å²) < 4.78 is 10.6. The summed E-state index contributed by atoms with van der Waals surface area (Å²) in [5.41, 5.74) is 0.652. The average molecular weight is 235 g/mol. The highest BCUT2D eigenvalue weighted by atomic mass is 16.5. The second-order valence-electron chi connectivity index (χ2n) is 3.72. The van der Waals surface area contributed by atoms with E-state index in [1.807, 2.05) is 6.92 Å². The molecular formula is C13H17NO3. The van der Waals surface area contributed by atoms with Crippen LogP contribution in [0.3, 0.4) is 0 Å². The van der Waals surface area contributed by atoms with Crippen LogP contribution in [0.5, 0.6) is 11.5 Å². The van der Waals surface area contributed by atoms with E-state index in [0.717, 1.165) is 0 Å². The molecule has 0 saturated carbocycles. The predicted octanol–water partition coefficient (Wildman–Crippen LogP) is 2.43. The lowest BCUT2D eigenvalue weighted by Gasteiger charge is -2.16. The number of ether oxygens (including phenoxy) is 2. The van der Waals surface area contributed by atoms with E-state index in [4.69, 9.17) is 14.7 Å². The Bertz CT molecular complexity index is 410. The van der Waals surface area contributed by atoms with Crippen LogP contribution in [-0.4, -0.2) is 18.3 Å². The van der Waals surface area contributed by atoms with Gasteiger partial charge in [0.2, 0.25) is 0 Å². The van der Waals surface area contributed by atoms with Gasteiger partial charge in [0.25, 0.3) is 0 Å². The van der Waals surface area contributed by atoms with Gasteiger partial charge < -0.3 is 14.6 Å². The maximum Gasteiger partial charge on any atom is 0.184 e. The van der Waals surface area contributed by atoms with Crippen molar-refractivity contribution in [1.82, 2.24) is 0 Å². The summed E-state index contributed by atoms with van der Waals surface area (Å²) in [4.78, 5) is 0. The highest BCUT2D eigenvalue weighted by molar-refractivity contribution is 5.42. The van der Waals surface area contributed by atoms with Crippen LogP contribution >= 0.6 is 0 Å². The van der Waals surface area contributed by atoms with Gasteiger partial charge in [-0.25, -0.2) is 0 Å². The lowest BCUT2D eigenvalue weighted by Crippen LogP contribution is -2.14. The minimum absolute atomic E-state index is 0.493. The van der Waals surface area contributed by atoms with Gasteiger partial charge in [-0.3, -0.25) is 0 Å². The van der Waals surface area contributed by atoms with Gasteiger partial charge in [-0.1, -0.05) is 6.92 Å². The van der Waals surface area contributed by atoms with Crippen molar-refractivity contribution in [2.24, 2.45) is 0 Å². The molecule has 0 aliphatic rings. The normalized spacial score (nSPS) is 13.6. The minimum Gasteiger partial charge on any atom is -0.497 e. The molecule has 0 aliphatic carbocycles. The Balaban J connectivity index is 3.05. The molecule has 0 saturated heterocycles. The third kappa shape index (κ3) is 3.36. The summed E-state index contributed by atoms with van der Waals surface area (Å²) in [7, 11) is 1.56. The largest absolute Gasteiger partial charge is 0.497 e. The molecule has 0 fully saturated rings. The molecule has 1 N–H and O–H groups in total. The van der Waals surface area contributed by atoms with Crippen LogP contribution in [0.4, 0.5) is 0 Å². The highest BCUT2D eigenvalue weighted by Gasteiger charge is 2.14. The van der Waals surface area contributed by atoms with E-state index in [0.29, 0.717) is 23.5 Å². The SMILES string of the molecule is CCC(C#N)Oc1cc(OC)ccc1C(C)O. The number of benzene rings is 1. The Morgan fingerprint density at radius 3 is 2.65 bits per heavy atom. The zero-order valence-corrected chi connectivity index (χ0v) is 10.3. The first-order chi connectivity index (χ1) is 8.12. The molecule has 1 aromatic rings. The van der Waals surface area contributed by atoms with E-state index < -0.39 is 12.2 Å². The first kappa shape index (κ1) is 13.3. The molecule has 4 nitrogen and oxygen atoms in total. The lowest BCUT2D eigenvalue weighted by molar-refractivity contribution is 0.184. The molecule has 2 unspecified atom stereocenters. The quantitative estimate of drug-likeness (QED) is 0.851. The lowest BCUT2D eigenvalue weighted by atomic mass is 10.1. The van der Waals surface area contributed by atoms with Crippen LogP contribution in [0.1, 0.15) is 31.9 Å². The zero-order chi connectivity index (χ0) is 12.8. The van der Waals surface area contributed by atoms with E-state index in [2.05, 4.69) is 6.07 Å². The second kappa shape index (κ2) is 6.12. The van der Waals surface area contributed by atoms with Crippen molar-refractivity contribution in [1.29, 1.82) is 5.26 Å². The summed E-state index contributed by atoms with van der Waals surface area (Å²) >= 11 is 0. The monoisotopic (exact) mass is 235 g/mol. The van der Waals surface area contributed by atoms with Crippen molar-refractivity contribution in [2.75, 3.05) is 7.11 Å². The number of nitriles is 1. The van der Waals surface area contributed by atoms with E-state index >= 15 is 0 Å². The average Bonchev–Trinajstić information content (AvgIpc) is 2.35. The third-order valence-electron chi connectivity index (χ3n) is 2.45.